The van der Waals surface area contributed by atoms with Gasteiger partial charge in [-0.05, 0) is 30.4 Å². The summed E-state index contributed by atoms with van der Waals surface area (Å²) in [6.45, 7) is 0. The highest BCUT2D eigenvalue weighted by atomic mass is 16.6. The van der Waals surface area contributed by atoms with E-state index in [4.69, 9.17) is 14.7 Å². The van der Waals surface area contributed by atoms with E-state index in [1.165, 1.54) is 0 Å². The van der Waals surface area contributed by atoms with Crippen LogP contribution in [-0.2, 0) is 0 Å². The molecular formula is C10H11BN2O3. The molecule has 16 heavy (non-hydrogen) atoms. The largest absolute Gasteiger partial charge is 0.707 e. The van der Waals surface area contributed by atoms with Crippen LogP contribution in [0.1, 0.15) is 24.3 Å². The fourth-order valence-corrected chi connectivity index (χ4v) is 1.96. The van der Waals surface area contributed by atoms with E-state index in [1.807, 2.05) is 12.1 Å². The summed E-state index contributed by atoms with van der Waals surface area (Å²) < 4.78 is 5.07. The van der Waals surface area contributed by atoms with Crippen molar-refractivity contribution in [1.29, 1.82) is 0 Å². The number of hydrogen-bond acceptors (Lipinski definition) is 4. The molecule has 0 atom stereocenters. The van der Waals surface area contributed by atoms with E-state index < -0.39 is 7.32 Å². The van der Waals surface area contributed by atoms with E-state index in [9.17, 15) is 0 Å². The molecule has 0 saturated heterocycles. The Hall–Kier alpha value is -1.53. The molecule has 2 aromatic rings. The maximum atomic E-state index is 8.93. The average Bonchev–Trinajstić information content (AvgIpc) is 2.95. The fourth-order valence-electron chi connectivity index (χ4n) is 1.96. The first kappa shape index (κ1) is 9.68. The van der Waals surface area contributed by atoms with Crippen molar-refractivity contribution >= 4 is 18.2 Å². The highest BCUT2D eigenvalue weighted by Crippen LogP contribution is 2.46. The Kier molecular flexibility index (Phi) is 2.12. The van der Waals surface area contributed by atoms with E-state index in [0.717, 1.165) is 29.3 Å². The van der Waals surface area contributed by atoms with Crippen molar-refractivity contribution in [2.45, 2.75) is 18.8 Å². The zero-order chi connectivity index (χ0) is 11.1. The summed E-state index contributed by atoms with van der Waals surface area (Å²) in [5, 5.41) is 25.4. The molecule has 0 radical (unpaired) electrons. The zero-order valence-electron chi connectivity index (χ0n) is 8.55. The minimum absolute atomic E-state index is 0.480. The lowest BCUT2D eigenvalue weighted by atomic mass is 10.1. The molecule has 1 aromatic carbocycles. The lowest BCUT2D eigenvalue weighted by Gasteiger charge is -2.11. The molecule has 0 amide bonds. The van der Waals surface area contributed by atoms with Gasteiger partial charge in [-0.15, -0.1) is 0 Å². The van der Waals surface area contributed by atoms with Gasteiger partial charge in [0.2, 0.25) is 0 Å². The van der Waals surface area contributed by atoms with Crippen LogP contribution in [0, 0.1) is 0 Å². The van der Waals surface area contributed by atoms with Crippen LogP contribution in [0.15, 0.2) is 18.3 Å². The van der Waals surface area contributed by atoms with Crippen LogP contribution in [0.5, 0.6) is 5.75 Å². The Morgan fingerprint density at radius 3 is 2.88 bits per heavy atom. The lowest BCUT2D eigenvalue weighted by Crippen LogP contribution is -2.21. The van der Waals surface area contributed by atoms with Crippen molar-refractivity contribution in [2.24, 2.45) is 0 Å². The topological polar surface area (TPSA) is 78.4 Å². The summed E-state index contributed by atoms with van der Waals surface area (Å²) in [4.78, 5) is 0. The van der Waals surface area contributed by atoms with Crippen LogP contribution < -0.4 is 4.65 Å². The maximum absolute atomic E-state index is 8.93. The molecule has 1 aliphatic rings. The number of fused-ring (bicyclic) bond motifs is 1. The number of nitrogens with one attached hydrogen (secondary N) is 1. The van der Waals surface area contributed by atoms with Gasteiger partial charge in [0.15, 0.2) is 0 Å². The number of aromatic amines is 1. The Balaban J connectivity index is 2.15. The second-order valence-electron chi connectivity index (χ2n) is 4.03. The van der Waals surface area contributed by atoms with E-state index >= 15 is 0 Å². The quantitative estimate of drug-likeness (QED) is 0.665. The van der Waals surface area contributed by atoms with Gasteiger partial charge in [0.25, 0.3) is 0 Å². The Morgan fingerprint density at radius 1 is 1.38 bits per heavy atom. The molecule has 0 unspecified atom stereocenters. The van der Waals surface area contributed by atoms with Crippen molar-refractivity contribution in [1.82, 2.24) is 10.2 Å². The molecule has 3 rings (SSSR count). The number of aromatic nitrogens is 2. The molecule has 1 aromatic heterocycles. The van der Waals surface area contributed by atoms with E-state index in [-0.39, 0.29) is 0 Å². The van der Waals surface area contributed by atoms with Gasteiger partial charge in [0, 0.05) is 0 Å². The Labute approximate surface area is 92.2 Å². The van der Waals surface area contributed by atoms with Crippen LogP contribution in [0.4, 0.5) is 0 Å². The molecular weight excluding hydrogens is 207 g/mol. The molecule has 5 nitrogen and oxygen atoms in total. The molecule has 82 valence electrons. The zero-order valence-corrected chi connectivity index (χ0v) is 8.55. The predicted octanol–water partition coefficient (Wildman–Crippen LogP) is 0.789. The van der Waals surface area contributed by atoms with Gasteiger partial charge in [-0.25, -0.2) is 0 Å². The third-order valence-electron chi connectivity index (χ3n) is 2.85. The van der Waals surface area contributed by atoms with Crippen LogP contribution in [0.3, 0.4) is 0 Å². The molecule has 1 aliphatic carbocycles. The van der Waals surface area contributed by atoms with Crippen molar-refractivity contribution in [3.8, 4) is 5.75 Å². The summed E-state index contributed by atoms with van der Waals surface area (Å²) in [5.41, 5.74) is 1.86. The molecule has 0 spiro atoms. The first-order valence-corrected chi connectivity index (χ1v) is 5.24. The van der Waals surface area contributed by atoms with Gasteiger partial charge in [0.05, 0.1) is 17.1 Å². The molecule has 6 heteroatoms. The SMILES string of the molecule is OB(O)Oc1c(C2CC2)ccc2[nH]ncc12. The number of H-pyrrole nitrogens is 1. The molecule has 3 N–H and O–H groups in total. The molecule has 0 aliphatic heterocycles. The van der Waals surface area contributed by atoms with Crippen molar-refractivity contribution in [3.05, 3.63) is 23.9 Å². The molecule has 1 fully saturated rings. The van der Waals surface area contributed by atoms with E-state index in [1.54, 1.807) is 6.20 Å². The Bertz CT molecular complexity index is 522. The highest BCUT2D eigenvalue weighted by molar-refractivity contribution is 6.34. The fraction of sp³-hybridized carbons (Fsp3) is 0.300. The van der Waals surface area contributed by atoms with Gasteiger partial charge in [-0.1, -0.05) is 6.07 Å². The number of nitrogens with zero attached hydrogens (tertiary/aromatic N) is 1. The standard InChI is InChI=1S/C10H11BN2O3/c14-11(15)16-10-7(6-1-2-6)3-4-9-8(10)5-12-13-9/h3-6,14-15H,1-2H2,(H,12,13). The minimum Gasteiger partial charge on any atom is -0.511 e. The van der Waals surface area contributed by atoms with Crippen LogP contribution in [0.25, 0.3) is 10.9 Å². The molecule has 1 heterocycles. The summed E-state index contributed by atoms with van der Waals surface area (Å²) in [6, 6.07) is 3.89. The summed E-state index contributed by atoms with van der Waals surface area (Å²) >= 11 is 0. The van der Waals surface area contributed by atoms with Gasteiger partial charge in [0.1, 0.15) is 5.75 Å². The monoisotopic (exact) mass is 218 g/mol. The number of benzene rings is 1. The minimum atomic E-state index is -1.79. The van der Waals surface area contributed by atoms with Gasteiger partial charge in [-0.2, -0.15) is 5.10 Å². The smallest absolute Gasteiger partial charge is 0.511 e. The second kappa shape index (κ2) is 3.50. The third-order valence-corrected chi connectivity index (χ3v) is 2.85. The maximum Gasteiger partial charge on any atom is 0.707 e. The highest BCUT2D eigenvalue weighted by Gasteiger charge is 2.29. The van der Waals surface area contributed by atoms with Gasteiger partial charge < -0.3 is 14.7 Å². The molecule has 0 bridgehead atoms. The summed E-state index contributed by atoms with van der Waals surface area (Å²) in [5.74, 6) is 1.01. The van der Waals surface area contributed by atoms with E-state index in [0.29, 0.717) is 11.7 Å². The van der Waals surface area contributed by atoms with Crippen LogP contribution in [0.2, 0.25) is 0 Å². The van der Waals surface area contributed by atoms with Crippen molar-refractivity contribution in [3.63, 3.8) is 0 Å². The van der Waals surface area contributed by atoms with Crippen molar-refractivity contribution in [2.75, 3.05) is 0 Å². The lowest BCUT2D eigenvalue weighted by molar-refractivity contribution is 0.288. The average molecular weight is 218 g/mol. The van der Waals surface area contributed by atoms with Crippen LogP contribution >= 0.6 is 0 Å². The first-order chi connectivity index (χ1) is 7.75. The second-order valence-corrected chi connectivity index (χ2v) is 4.03. The van der Waals surface area contributed by atoms with E-state index in [2.05, 4.69) is 10.2 Å². The summed E-state index contributed by atoms with van der Waals surface area (Å²) in [7, 11) is -1.79. The van der Waals surface area contributed by atoms with Gasteiger partial charge in [-0.3, -0.25) is 5.10 Å². The first-order valence-electron chi connectivity index (χ1n) is 5.24. The normalized spacial score (nSPS) is 15.4. The summed E-state index contributed by atoms with van der Waals surface area (Å²) in [6.07, 6.45) is 3.89. The number of rotatable bonds is 3. The van der Waals surface area contributed by atoms with Crippen molar-refractivity contribution < 1.29 is 14.7 Å². The van der Waals surface area contributed by atoms with Gasteiger partial charge >= 0.3 is 7.32 Å². The molecule has 1 saturated carbocycles. The third kappa shape index (κ3) is 1.56. The van der Waals surface area contributed by atoms with Crippen LogP contribution in [-0.4, -0.2) is 27.6 Å². The predicted molar refractivity (Wildman–Crippen MR) is 58.9 cm³/mol. The number of hydrogen-bond donors (Lipinski definition) is 3. The Morgan fingerprint density at radius 2 is 2.19 bits per heavy atom.